The molecule has 1 aliphatic rings. The third-order valence-corrected chi connectivity index (χ3v) is 5.61. The smallest absolute Gasteiger partial charge is 0.233 e. The van der Waals surface area contributed by atoms with Gasteiger partial charge in [-0.05, 0) is 44.0 Å². The van der Waals surface area contributed by atoms with Crippen molar-refractivity contribution in [2.45, 2.75) is 36.3 Å². The first-order valence-electron chi connectivity index (χ1n) is 9.33. The van der Waals surface area contributed by atoms with Crippen LogP contribution in [0.4, 0.5) is 0 Å². The molecule has 2 aromatic heterocycles. The molecule has 28 heavy (non-hydrogen) atoms. The Hall–Kier alpha value is -2.58. The molecule has 3 aromatic rings. The van der Waals surface area contributed by atoms with E-state index in [1.165, 1.54) is 11.8 Å². The minimum Gasteiger partial charge on any atom is -0.461 e. The lowest BCUT2D eigenvalue weighted by Gasteiger charge is -2.15. The van der Waals surface area contributed by atoms with Crippen molar-refractivity contribution < 1.29 is 13.9 Å². The van der Waals surface area contributed by atoms with Crippen LogP contribution >= 0.6 is 11.8 Å². The fourth-order valence-electron chi connectivity index (χ4n) is 3.10. The first kappa shape index (κ1) is 18.8. The SMILES string of the molecule is CC(Sc1nnc(-c2ccco2)n1-c1ccccc1)C(=O)NCC1CCCO1. The van der Waals surface area contributed by atoms with Crippen LogP contribution in [0.25, 0.3) is 17.3 Å². The fourth-order valence-corrected chi connectivity index (χ4v) is 3.99. The van der Waals surface area contributed by atoms with Crippen LogP contribution in [0.2, 0.25) is 0 Å². The van der Waals surface area contributed by atoms with Gasteiger partial charge in [0.1, 0.15) is 0 Å². The molecule has 2 unspecified atom stereocenters. The minimum absolute atomic E-state index is 0.0392. The van der Waals surface area contributed by atoms with Crippen LogP contribution in [0.3, 0.4) is 0 Å². The van der Waals surface area contributed by atoms with Crippen molar-refractivity contribution in [2.75, 3.05) is 13.2 Å². The predicted molar refractivity (Wildman–Crippen MR) is 106 cm³/mol. The molecular weight excluding hydrogens is 376 g/mol. The first-order chi connectivity index (χ1) is 13.7. The van der Waals surface area contributed by atoms with Gasteiger partial charge >= 0.3 is 0 Å². The number of para-hydroxylation sites is 1. The molecule has 0 bridgehead atoms. The molecular formula is C20H22N4O3S. The van der Waals surface area contributed by atoms with E-state index < -0.39 is 0 Å². The van der Waals surface area contributed by atoms with Crippen molar-refractivity contribution in [1.82, 2.24) is 20.1 Å². The quantitative estimate of drug-likeness (QED) is 0.615. The molecule has 0 saturated carbocycles. The molecule has 7 nitrogen and oxygen atoms in total. The van der Waals surface area contributed by atoms with Crippen LogP contribution in [0.5, 0.6) is 0 Å². The van der Waals surface area contributed by atoms with Crippen molar-refractivity contribution in [2.24, 2.45) is 0 Å². The van der Waals surface area contributed by atoms with E-state index in [0.29, 0.717) is 23.3 Å². The fraction of sp³-hybridized carbons (Fsp3) is 0.350. The highest BCUT2D eigenvalue weighted by atomic mass is 32.2. The standard InChI is InChI=1S/C20H22N4O3S/c1-14(19(25)21-13-16-9-5-11-26-16)28-20-23-22-18(17-10-6-12-27-17)24(20)15-7-3-2-4-8-15/h2-4,6-8,10,12,14,16H,5,9,11,13H2,1H3,(H,21,25). The molecule has 1 saturated heterocycles. The number of nitrogens with one attached hydrogen (secondary N) is 1. The van der Waals surface area contributed by atoms with E-state index in [0.717, 1.165) is 25.1 Å². The first-order valence-corrected chi connectivity index (χ1v) is 10.2. The number of amides is 1. The molecule has 2 atom stereocenters. The van der Waals surface area contributed by atoms with Gasteiger partial charge in [0.25, 0.3) is 0 Å². The molecule has 1 fully saturated rings. The maximum atomic E-state index is 12.5. The van der Waals surface area contributed by atoms with E-state index in [-0.39, 0.29) is 17.3 Å². The number of aromatic nitrogens is 3. The Balaban J connectivity index is 1.53. The van der Waals surface area contributed by atoms with Crippen LogP contribution < -0.4 is 5.32 Å². The van der Waals surface area contributed by atoms with E-state index in [1.54, 1.807) is 6.26 Å². The summed E-state index contributed by atoms with van der Waals surface area (Å²) in [5.41, 5.74) is 0.911. The molecule has 1 amide bonds. The average molecular weight is 398 g/mol. The largest absolute Gasteiger partial charge is 0.461 e. The van der Waals surface area contributed by atoms with E-state index in [2.05, 4.69) is 15.5 Å². The maximum Gasteiger partial charge on any atom is 0.233 e. The summed E-state index contributed by atoms with van der Waals surface area (Å²) in [5.74, 6) is 1.19. The van der Waals surface area contributed by atoms with E-state index >= 15 is 0 Å². The van der Waals surface area contributed by atoms with Gasteiger partial charge in [0.05, 0.1) is 17.6 Å². The Kier molecular flexibility index (Phi) is 5.78. The highest BCUT2D eigenvalue weighted by molar-refractivity contribution is 8.00. The third-order valence-electron chi connectivity index (χ3n) is 4.57. The molecule has 0 spiro atoms. The van der Waals surface area contributed by atoms with E-state index in [1.807, 2.05) is 54.0 Å². The summed E-state index contributed by atoms with van der Waals surface area (Å²) in [6.07, 6.45) is 3.78. The number of carbonyl (C=O) groups is 1. The van der Waals surface area contributed by atoms with Crippen molar-refractivity contribution in [1.29, 1.82) is 0 Å². The van der Waals surface area contributed by atoms with Crippen molar-refractivity contribution >= 4 is 17.7 Å². The normalized spacial score (nSPS) is 17.5. The zero-order valence-corrected chi connectivity index (χ0v) is 16.4. The van der Waals surface area contributed by atoms with Gasteiger partial charge in [0, 0.05) is 18.8 Å². The number of nitrogens with zero attached hydrogens (tertiary/aromatic N) is 3. The molecule has 3 heterocycles. The van der Waals surface area contributed by atoms with Crippen LogP contribution in [0.15, 0.2) is 58.3 Å². The van der Waals surface area contributed by atoms with Gasteiger partial charge in [-0.3, -0.25) is 9.36 Å². The summed E-state index contributed by atoms with van der Waals surface area (Å²) in [6.45, 7) is 3.19. The molecule has 146 valence electrons. The lowest BCUT2D eigenvalue weighted by Crippen LogP contribution is -2.36. The highest BCUT2D eigenvalue weighted by Crippen LogP contribution is 2.30. The van der Waals surface area contributed by atoms with Crippen molar-refractivity contribution in [3.8, 4) is 17.3 Å². The lowest BCUT2D eigenvalue weighted by atomic mass is 10.2. The molecule has 1 aromatic carbocycles. The predicted octanol–water partition coefficient (Wildman–Crippen LogP) is 3.30. The Bertz CT molecular complexity index is 905. The average Bonchev–Trinajstić information content (AvgIpc) is 3.47. The van der Waals surface area contributed by atoms with Gasteiger partial charge in [0.2, 0.25) is 11.7 Å². The molecule has 0 radical (unpaired) electrons. The van der Waals surface area contributed by atoms with Gasteiger partial charge in [-0.2, -0.15) is 0 Å². The van der Waals surface area contributed by atoms with Crippen molar-refractivity contribution in [3.63, 3.8) is 0 Å². The number of carbonyl (C=O) groups excluding carboxylic acids is 1. The molecule has 1 aliphatic heterocycles. The second-order valence-electron chi connectivity index (χ2n) is 6.59. The maximum absolute atomic E-state index is 12.5. The van der Waals surface area contributed by atoms with E-state index in [4.69, 9.17) is 9.15 Å². The molecule has 4 rings (SSSR count). The number of furan rings is 1. The number of hydrogen-bond donors (Lipinski definition) is 1. The Morgan fingerprint density at radius 2 is 2.14 bits per heavy atom. The Morgan fingerprint density at radius 3 is 2.86 bits per heavy atom. The summed E-state index contributed by atoms with van der Waals surface area (Å²) < 4.78 is 13.0. The lowest BCUT2D eigenvalue weighted by molar-refractivity contribution is -0.120. The van der Waals surface area contributed by atoms with Crippen LogP contribution in [0.1, 0.15) is 19.8 Å². The van der Waals surface area contributed by atoms with Crippen molar-refractivity contribution in [3.05, 3.63) is 48.7 Å². The van der Waals surface area contributed by atoms with Crippen LogP contribution in [0, 0.1) is 0 Å². The Morgan fingerprint density at radius 1 is 1.29 bits per heavy atom. The molecule has 0 aliphatic carbocycles. The zero-order valence-electron chi connectivity index (χ0n) is 15.6. The second kappa shape index (κ2) is 8.62. The summed E-state index contributed by atoms with van der Waals surface area (Å²) in [4.78, 5) is 12.5. The van der Waals surface area contributed by atoms with Crippen LogP contribution in [-0.2, 0) is 9.53 Å². The van der Waals surface area contributed by atoms with Crippen LogP contribution in [-0.4, -0.2) is 45.2 Å². The third kappa shape index (κ3) is 4.13. The number of hydrogen-bond acceptors (Lipinski definition) is 6. The molecule has 1 N–H and O–H groups in total. The number of rotatable bonds is 7. The monoisotopic (exact) mass is 398 g/mol. The Labute approximate surface area is 167 Å². The summed E-state index contributed by atoms with van der Waals surface area (Å²) in [7, 11) is 0. The number of thioether (sulfide) groups is 1. The summed E-state index contributed by atoms with van der Waals surface area (Å²) in [6, 6.07) is 13.5. The number of benzene rings is 1. The summed E-state index contributed by atoms with van der Waals surface area (Å²) in [5, 5.41) is 11.9. The second-order valence-corrected chi connectivity index (χ2v) is 7.90. The minimum atomic E-state index is -0.322. The van der Waals surface area contributed by atoms with Gasteiger partial charge in [-0.15, -0.1) is 10.2 Å². The van der Waals surface area contributed by atoms with Gasteiger partial charge in [-0.25, -0.2) is 0 Å². The topological polar surface area (TPSA) is 82.2 Å². The highest BCUT2D eigenvalue weighted by Gasteiger charge is 2.24. The van der Waals surface area contributed by atoms with Gasteiger partial charge < -0.3 is 14.5 Å². The molecule has 8 heteroatoms. The number of ether oxygens (including phenoxy) is 1. The van der Waals surface area contributed by atoms with Gasteiger partial charge in [0.15, 0.2) is 10.9 Å². The summed E-state index contributed by atoms with van der Waals surface area (Å²) >= 11 is 1.37. The zero-order chi connectivity index (χ0) is 19.3. The van der Waals surface area contributed by atoms with Gasteiger partial charge in [-0.1, -0.05) is 30.0 Å². The van der Waals surface area contributed by atoms with E-state index in [9.17, 15) is 4.79 Å².